The van der Waals surface area contributed by atoms with Gasteiger partial charge in [0.15, 0.2) is 0 Å². The van der Waals surface area contributed by atoms with Gasteiger partial charge in [0.2, 0.25) is 0 Å². The van der Waals surface area contributed by atoms with Crippen molar-refractivity contribution in [3.63, 3.8) is 0 Å². The van der Waals surface area contributed by atoms with Crippen LogP contribution in [0, 0.1) is 0 Å². The van der Waals surface area contributed by atoms with Crippen molar-refractivity contribution in [2.75, 3.05) is 43.3 Å². The minimum Gasteiger partial charge on any atom is -0.493 e. The van der Waals surface area contributed by atoms with Crippen molar-refractivity contribution in [3.05, 3.63) is 30.6 Å². The number of morpholine rings is 1. The molecule has 3 aromatic heterocycles. The number of nitrogens with zero attached hydrogens (tertiary/aromatic N) is 4. The summed E-state index contributed by atoms with van der Waals surface area (Å²) in [5.74, 6) is 2.83. The average Bonchev–Trinajstić information content (AvgIpc) is 3.25. The Labute approximate surface area is 168 Å². The zero-order valence-corrected chi connectivity index (χ0v) is 17.0. The molecule has 0 amide bonds. The van der Waals surface area contributed by atoms with Gasteiger partial charge >= 0.3 is 0 Å². The predicted molar refractivity (Wildman–Crippen MR) is 113 cm³/mol. The molecule has 28 heavy (non-hydrogen) atoms. The van der Waals surface area contributed by atoms with E-state index in [1.54, 1.807) is 12.4 Å². The Hall–Kier alpha value is -2.32. The molecule has 1 N–H and O–H groups in total. The molecule has 1 saturated heterocycles. The minimum atomic E-state index is 0.260. The lowest BCUT2D eigenvalue weighted by Crippen LogP contribution is -2.44. The number of anilines is 1. The average molecular weight is 400 g/mol. The molecule has 148 valence electrons. The number of hydrogen-bond acceptors (Lipinski definition) is 7. The zero-order valence-electron chi connectivity index (χ0n) is 16.2. The maximum Gasteiger partial charge on any atom is 0.133 e. The highest BCUT2D eigenvalue weighted by molar-refractivity contribution is 7.98. The summed E-state index contributed by atoms with van der Waals surface area (Å²) in [6.45, 7) is 5.05. The van der Waals surface area contributed by atoms with Crippen molar-refractivity contribution in [2.45, 2.75) is 19.4 Å². The molecule has 1 aliphatic heterocycles. The number of aromatic nitrogens is 4. The van der Waals surface area contributed by atoms with E-state index in [4.69, 9.17) is 14.5 Å². The molecule has 0 bridgehead atoms. The van der Waals surface area contributed by atoms with Crippen LogP contribution in [0.25, 0.3) is 22.3 Å². The Morgan fingerprint density at radius 1 is 1.36 bits per heavy atom. The van der Waals surface area contributed by atoms with E-state index in [9.17, 15) is 0 Å². The fraction of sp³-hybridized carbons (Fsp3) is 0.450. The summed E-state index contributed by atoms with van der Waals surface area (Å²) in [5.41, 5.74) is 2.45. The Bertz CT molecular complexity index is 918. The van der Waals surface area contributed by atoms with Gasteiger partial charge in [0.1, 0.15) is 22.8 Å². The van der Waals surface area contributed by atoms with Crippen molar-refractivity contribution < 1.29 is 9.47 Å². The lowest BCUT2D eigenvalue weighted by Gasteiger charge is -2.34. The van der Waals surface area contributed by atoms with E-state index in [0.29, 0.717) is 19.8 Å². The lowest BCUT2D eigenvalue weighted by molar-refractivity contribution is 0.0985. The van der Waals surface area contributed by atoms with Gasteiger partial charge in [0, 0.05) is 30.4 Å². The molecule has 1 atom stereocenters. The maximum absolute atomic E-state index is 6.20. The second-order valence-corrected chi connectivity index (χ2v) is 7.80. The molecule has 8 heteroatoms. The highest BCUT2D eigenvalue weighted by Crippen LogP contribution is 2.34. The normalized spacial score (nSPS) is 17.2. The van der Waals surface area contributed by atoms with Crippen LogP contribution in [0.2, 0.25) is 0 Å². The van der Waals surface area contributed by atoms with Crippen LogP contribution in [-0.4, -0.2) is 64.6 Å². The first-order valence-corrected chi connectivity index (χ1v) is 10.9. The van der Waals surface area contributed by atoms with Crippen molar-refractivity contribution in [1.29, 1.82) is 0 Å². The molecule has 4 rings (SSSR count). The largest absolute Gasteiger partial charge is 0.493 e. The van der Waals surface area contributed by atoms with Gasteiger partial charge in [0.05, 0.1) is 31.6 Å². The number of ether oxygens (including phenoxy) is 2. The molecular formula is C20H25N5O2S. The topological polar surface area (TPSA) is 76.2 Å². The molecule has 0 saturated carbocycles. The molecule has 1 fully saturated rings. The second-order valence-electron chi connectivity index (χ2n) is 6.82. The molecule has 3 aromatic rings. The third kappa shape index (κ3) is 3.93. The molecule has 0 radical (unpaired) electrons. The van der Waals surface area contributed by atoms with Crippen molar-refractivity contribution in [1.82, 2.24) is 20.2 Å². The van der Waals surface area contributed by atoms with E-state index >= 15 is 0 Å². The van der Waals surface area contributed by atoms with Crippen LogP contribution in [0.3, 0.4) is 0 Å². The number of fused-ring (bicyclic) bond motifs is 1. The van der Waals surface area contributed by atoms with Gasteiger partial charge in [-0.2, -0.15) is 16.9 Å². The first-order valence-electron chi connectivity index (χ1n) is 9.53. The molecular weight excluding hydrogens is 374 g/mol. The van der Waals surface area contributed by atoms with Gasteiger partial charge in [-0.1, -0.05) is 0 Å². The fourth-order valence-electron chi connectivity index (χ4n) is 3.41. The SMILES string of the molecule is CSCCCOc1cc(N2CCOCC2C)nc2c(-c3ccn[nH]3)nccc12. The molecule has 1 aliphatic rings. The first kappa shape index (κ1) is 19.0. The molecule has 0 aliphatic carbocycles. The van der Waals surface area contributed by atoms with Gasteiger partial charge in [-0.15, -0.1) is 0 Å². The van der Waals surface area contributed by atoms with Crippen LogP contribution in [0.4, 0.5) is 5.82 Å². The summed E-state index contributed by atoms with van der Waals surface area (Å²) < 4.78 is 11.8. The third-order valence-electron chi connectivity index (χ3n) is 4.84. The van der Waals surface area contributed by atoms with Crippen LogP contribution in [0.5, 0.6) is 5.75 Å². The summed E-state index contributed by atoms with van der Waals surface area (Å²) >= 11 is 1.83. The van der Waals surface area contributed by atoms with Gasteiger partial charge < -0.3 is 14.4 Å². The van der Waals surface area contributed by atoms with E-state index in [1.807, 2.05) is 23.9 Å². The summed E-state index contributed by atoms with van der Waals surface area (Å²) in [7, 11) is 0. The quantitative estimate of drug-likeness (QED) is 0.610. The Kier molecular flexibility index (Phi) is 5.97. The van der Waals surface area contributed by atoms with Crippen molar-refractivity contribution in [2.24, 2.45) is 0 Å². The van der Waals surface area contributed by atoms with Gasteiger partial charge in [-0.25, -0.2) is 4.98 Å². The minimum absolute atomic E-state index is 0.260. The van der Waals surface area contributed by atoms with Crippen LogP contribution >= 0.6 is 11.8 Å². The molecule has 4 heterocycles. The maximum atomic E-state index is 6.20. The first-order chi connectivity index (χ1) is 13.8. The number of hydrogen-bond donors (Lipinski definition) is 1. The van der Waals surface area contributed by atoms with Crippen LogP contribution in [0.15, 0.2) is 30.6 Å². The number of rotatable bonds is 7. The van der Waals surface area contributed by atoms with Crippen molar-refractivity contribution >= 4 is 28.5 Å². The fourth-order valence-corrected chi connectivity index (χ4v) is 3.82. The summed E-state index contributed by atoms with van der Waals surface area (Å²) in [6, 6.07) is 6.20. The van der Waals surface area contributed by atoms with Crippen LogP contribution in [-0.2, 0) is 4.74 Å². The van der Waals surface area contributed by atoms with Crippen LogP contribution in [0.1, 0.15) is 13.3 Å². The number of nitrogens with one attached hydrogen (secondary N) is 1. The van der Waals surface area contributed by atoms with Crippen LogP contribution < -0.4 is 9.64 Å². The third-order valence-corrected chi connectivity index (χ3v) is 5.54. The van der Waals surface area contributed by atoms with E-state index < -0.39 is 0 Å². The van der Waals surface area contributed by atoms with E-state index in [-0.39, 0.29) is 6.04 Å². The molecule has 7 nitrogen and oxygen atoms in total. The second kappa shape index (κ2) is 8.79. The molecule has 1 unspecified atom stereocenters. The molecule has 0 aromatic carbocycles. The van der Waals surface area contributed by atoms with Crippen molar-refractivity contribution in [3.8, 4) is 17.1 Å². The zero-order chi connectivity index (χ0) is 19.3. The molecule has 0 spiro atoms. The number of thioether (sulfide) groups is 1. The highest BCUT2D eigenvalue weighted by atomic mass is 32.2. The lowest BCUT2D eigenvalue weighted by atomic mass is 10.1. The Morgan fingerprint density at radius 3 is 3.07 bits per heavy atom. The van der Waals surface area contributed by atoms with Gasteiger partial charge in [-0.3, -0.25) is 10.1 Å². The summed E-state index contributed by atoms with van der Waals surface area (Å²) in [4.78, 5) is 11.8. The summed E-state index contributed by atoms with van der Waals surface area (Å²) in [5, 5.41) is 8.04. The van der Waals surface area contributed by atoms with E-state index in [0.717, 1.165) is 52.6 Å². The predicted octanol–water partition coefficient (Wildman–Crippen LogP) is 3.38. The summed E-state index contributed by atoms with van der Waals surface area (Å²) in [6.07, 6.45) is 6.64. The number of aromatic amines is 1. The van der Waals surface area contributed by atoms with Gasteiger partial charge in [0.25, 0.3) is 0 Å². The standard InChI is InChI=1S/C20H25N5O2S/c1-14-13-26-10-8-25(14)18-12-17(27-9-3-11-28-2)15-4-6-21-20(19(15)23-18)16-5-7-22-24-16/h4-7,12,14H,3,8-11,13H2,1-2H3,(H,22,24). The van der Waals surface area contributed by atoms with Gasteiger partial charge in [-0.05, 0) is 37.5 Å². The smallest absolute Gasteiger partial charge is 0.133 e. The number of H-pyrrole nitrogens is 1. The Balaban J connectivity index is 1.79. The van der Waals surface area contributed by atoms with E-state index in [1.165, 1.54) is 0 Å². The Morgan fingerprint density at radius 2 is 2.29 bits per heavy atom. The monoisotopic (exact) mass is 399 g/mol. The van der Waals surface area contributed by atoms with E-state index in [2.05, 4.69) is 39.3 Å². The highest BCUT2D eigenvalue weighted by Gasteiger charge is 2.23. The number of pyridine rings is 2.